The number of rotatable bonds is 2. The number of carbonyl (C=O) groups is 3. The van der Waals surface area contributed by atoms with Crippen LogP contribution < -0.4 is 9.80 Å². The number of carbonyl (C=O) groups excluding carboxylic acids is 3. The lowest BCUT2D eigenvalue weighted by atomic mass is 9.90. The molecule has 7 rings (SSSR count). The summed E-state index contributed by atoms with van der Waals surface area (Å²) in [5, 5.41) is 3.20. The smallest absolute Gasteiger partial charge is 0.424 e. The molecule has 1 saturated heterocycles. The molecule has 1 fully saturated rings. The van der Waals surface area contributed by atoms with Crippen LogP contribution in [0.25, 0.3) is 22.1 Å². The number of nitrogens with zero attached hydrogens (tertiary/aromatic N) is 4. The molecule has 4 amide bonds. The molecular formula is C29H26N5O4+. The van der Waals surface area contributed by atoms with Gasteiger partial charge in [0.05, 0.1) is 30.2 Å². The number of amides is 4. The molecule has 0 aliphatic carbocycles. The second-order valence-corrected chi connectivity index (χ2v) is 10.2. The topological polar surface area (TPSA) is 105 Å². The van der Waals surface area contributed by atoms with Crippen LogP contribution in [0.3, 0.4) is 0 Å². The quantitative estimate of drug-likeness (QED) is 0.419. The lowest BCUT2D eigenvalue weighted by Gasteiger charge is -2.38. The van der Waals surface area contributed by atoms with E-state index < -0.39 is 11.8 Å². The summed E-state index contributed by atoms with van der Waals surface area (Å²) in [6.45, 7) is 2.58. The van der Waals surface area contributed by atoms with Gasteiger partial charge in [-0.1, -0.05) is 12.1 Å². The Labute approximate surface area is 218 Å². The standard InChI is InChI=1S/C29H25N5O4/c35-27-23(24(28(36)32-27)22-17-31-15-19-8-14-38-26(19)22)21-16-30-9-13-34(29(37)33-10-2-1-3-11-33)12-7-18-5-4-6-20(21)25(18)34/h4-6,8-9,14-17H,1-3,7,10-13H2/p+1. The average Bonchev–Trinajstić information content (AvgIpc) is 3.64. The van der Waals surface area contributed by atoms with Gasteiger partial charge in [0.1, 0.15) is 12.1 Å². The normalized spacial score (nSPS) is 22.8. The summed E-state index contributed by atoms with van der Waals surface area (Å²) in [7, 11) is 0. The number of para-hydroxylation sites is 1. The maximum absolute atomic E-state index is 14.2. The molecule has 9 nitrogen and oxygen atoms in total. The fourth-order valence-electron chi connectivity index (χ4n) is 6.37. The number of benzene rings is 1. The van der Waals surface area contributed by atoms with Crippen LogP contribution in [-0.2, 0) is 16.0 Å². The Morgan fingerprint density at radius 1 is 1.00 bits per heavy atom. The van der Waals surface area contributed by atoms with E-state index in [9.17, 15) is 14.4 Å². The Morgan fingerprint density at radius 2 is 1.84 bits per heavy atom. The molecule has 4 aliphatic rings. The molecule has 6 heterocycles. The van der Waals surface area contributed by atoms with Crippen LogP contribution in [0, 0.1) is 0 Å². The van der Waals surface area contributed by atoms with E-state index in [1.165, 1.54) is 6.26 Å². The number of piperidine rings is 1. The molecule has 0 radical (unpaired) electrons. The van der Waals surface area contributed by atoms with Crippen LogP contribution in [0.2, 0.25) is 0 Å². The molecule has 1 aromatic carbocycles. The molecular weight excluding hydrogens is 482 g/mol. The molecule has 4 aliphatic heterocycles. The van der Waals surface area contributed by atoms with Crippen LogP contribution in [0.5, 0.6) is 0 Å². The molecule has 1 N–H and O–H groups in total. The number of quaternary nitrogens is 1. The van der Waals surface area contributed by atoms with E-state index >= 15 is 0 Å². The zero-order valence-corrected chi connectivity index (χ0v) is 20.8. The van der Waals surface area contributed by atoms with Crippen molar-refractivity contribution in [3.63, 3.8) is 0 Å². The summed E-state index contributed by atoms with van der Waals surface area (Å²) in [4.78, 5) is 51.6. The minimum Gasteiger partial charge on any atom is -0.464 e. The average molecular weight is 509 g/mol. The third-order valence-corrected chi connectivity index (χ3v) is 8.12. The lowest BCUT2D eigenvalue weighted by Crippen LogP contribution is -2.60. The molecule has 3 aromatic rings. The van der Waals surface area contributed by atoms with Gasteiger partial charge in [-0.3, -0.25) is 29.8 Å². The second kappa shape index (κ2) is 8.59. The van der Waals surface area contributed by atoms with Gasteiger partial charge in [-0.15, -0.1) is 0 Å². The Bertz CT molecular complexity index is 1620. The molecule has 0 bridgehead atoms. The summed E-state index contributed by atoms with van der Waals surface area (Å²) in [6, 6.07) is 7.78. The molecule has 9 heteroatoms. The number of aliphatic imine (C=N–C) groups is 1. The van der Waals surface area contributed by atoms with Gasteiger partial charge < -0.3 is 4.42 Å². The molecule has 190 valence electrons. The van der Waals surface area contributed by atoms with E-state index in [2.05, 4.69) is 21.4 Å². The van der Waals surface area contributed by atoms with Gasteiger partial charge in [-0.05, 0) is 31.4 Å². The van der Waals surface area contributed by atoms with E-state index in [0.29, 0.717) is 29.8 Å². The lowest BCUT2D eigenvalue weighted by molar-refractivity contribution is -0.123. The van der Waals surface area contributed by atoms with Crippen molar-refractivity contribution in [2.75, 3.05) is 26.2 Å². The third-order valence-electron chi connectivity index (χ3n) is 8.12. The van der Waals surface area contributed by atoms with Gasteiger partial charge in [-0.25, -0.2) is 9.28 Å². The van der Waals surface area contributed by atoms with E-state index in [-0.39, 0.29) is 21.7 Å². The monoisotopic (exact) mass is 508 g/mol. The first kappa shape index (κ1) is 22.8. The Kier molecular flexibility index (Phi) is 5.16. The SMILES string of the molecule is O=C1NC(=O)C(c2cncc3ccoc23)=C1C1=CN=CC[N+]2(C(=O)N3CCCCC3)CCc3cccc1c32. The predicted octanol–water partition coefficient (Wildman–Crippen LogP) is 3.83. The number of urea groups is 1. The van der Waals surface area contributed by atoms with E-state index in [1.807, 2.05) is 17.0 Å². The molecule has 2 aromatic heterocycles. The van der Waals surface area contributed by atoms with Crippen LogP contribution >= 0.6 is 0 Å². The van der Waals surface area contributed by atoms with Crippen molar-refractivity contribution in [1.29, 1.82) is 0 Å². The van der Waals surface area contributed by atoms with E-state index in [1.54, 1.807) is 30.9 Å². The number of furan rings is 1. The highest BCUT2D eigenvalue weighted by molar-refractivity contribution is 6.41. The zero-order valence-electron chi connectivity index (χ0n) is 20.8. The summed E-state index contributed by atoms with van der Waals surface area (Å²) >= 11 is 0. The highest BCUT2D eigenvalue weighted by Crippen LogP contribution is 2.46. The number of likely N-dealkylation sites (tertiary alicyclic amines) is 1. The summed E-state index contributed by atoms with van der Waals surface area (Å²) in [5.74, 6) is -1.02. The molecule has 38 heavy (non-hydrogen) atoms. The first-order chi connectivity index (χ1) is 18.6. The fraction of sp³-hybridized carbons (Fsp3) is 0.276. The molecule has 0 spiro atoms. The van der Waals surface area contributed by atoms with Gasteiger partial charge >= 0.3 is 6.03 Å². The van der Waals surface area contributed by atoms with E-state index in [4.69, 9.17) is 4.42 Å². The Hall–Kier alpha value is -4.37. The maximum atomic E-state index is 14.2. The van der Waals surface area contributed by atoms with Gasteiger partial charge in [-0.2, -0.15) is 0 Å². The van der Waals surface area contributed by atoms with E-state index in [0.717, 1.165) is 61.0 Å². The molecule has 1 unspecified atom stereocenters. The Morgan fingerprint density at radius 3 is 2.71 bits per heavy atom. The van der Waals surface area contributed by atoms with Gasteiger partial charge in [0.2, 0.25) is 0 Å². The predicted molar refractivity (Wildman–Crippen MR) is 143 cm³/mol. The second-order valence-electron chi connectivity index (χ2n) is 10.2. The maximum Gasteiger partial charge on any atom is 0.424 e. The summed E-state index contributed by atoms with van der Waals surface area (Å²) in [5.41, 5.74) is 4.57. The first-order valence-electron chi connectivity index (χ1n) is 13.0. The molecule has 0 saturated carbocycles. The minimum atomic E-state index is -0.514. The van der Waals surface area contributed by atoms with Crippen molar-refractivity contribution >= 4 is 51.9 Å². The highest BCUT2D eigenvalue weighted by atomic mass is 16.3. The minimum absolute atomic E-state index is 0.0781. The number of pyridine rings is 1. The van der Waals surface area contributed by atoms with Crippen LogP contribution in [0.15, 0.2) is 64.1 Å². The fourth-order valence-corrected chi connectivity index (χ4v) is 6.37. The largest absolute Gasteiger partial charge is 0.464 e. The van der Waals surface area contributed by atoms with Gasteiger partial charge in [0.25, 0.3) is 11.8 Å². The van der Waals surface area contributed by atoms with Crippen molar-refractivity contribution in [3.8, 4) is 0 Å². The van der Waals surface area contributed by atoms with Crippen LogP contribution in [-0.4, -0.2) is 60.1 Å². The number of fused-ring (bicyclic) bond motifs is 1. The number of imide groups is 1. The van der Waals surface area contributed by atoms with Crippen molar-refractivity contribution < 1.29 is 18.8 Å². The van der Waals surface area contributed by atoms with Crippen molar-refractivity contribution in [2.45, 2.75) is 25.7 Å². The zero-order chi connectivity index (χ0) is 25.9. The van der Waals surface area contributed by atoms with Crippen molar-refractivity contribution in [3.05, 3.63) is 71.4 Å². The van der Waals surface area contributed by atoms with Gasteiger partial charge in [0.15, 0.2) is 5.69 Å². The third kappa shape index (κ3) is 3.24. The van der Waals surface area contributed by atoms with Gasteiger partial charge in [0, 0.05) is 65.8 Å². The van der Waals surface area contributed by atoms with Crippen LogP contribution in [0.1, 0.15) is 36.0 Å². The Balaban J connectivity index is 1.45. The number of aromatic nitrogens is 1. The highest BCUT2D eigenvalue weighted by Gasteiger charge is 2.50. The molecule has 1 atom stereocenters. The number of hydrogen-bond donors (Lipinski definition) is 1. The van der Waals surface area contributed by atoms with Crippen molar-refractivity contribution in [1.82, 2.24) is 19.7 Å². The summed E-state index contributed by atoms with van der Waals surface area (Å²) in [6.07, 6.45) is 12.0. The number of hydrogen-bond acceptors (Lipinski definition) is 6. The summed E-state index contributed by atoms with van der Waals surface area (Å²) < 4.78 is 5.83. The first-order valence-corrected chi connectivity index (χ1v) is 13.0. The van der Waals surface area contributed by atoms with Crippen molar-refractivity contribution in [2.24, 2.45) is 4.99 Å². The number of nitrogens with one attached hydrogen (secondary N) is 1. The van der Waals surface area contributed by atoms with Crippen LogP contribution in [0.4, 0.5) is 10.5 Å².